The number of amides is 3. The summed E-state index contributed by atoms with van der Waals surface area (Å²) in [6.07, 6.45) is 3.13. The fourth-order valence-electron chi connectivity index (χ4n) is 6.18. The van der Waals surface area contributed by atoms with E-state index in [1.807, 2.05) is 64.1 Å². The maximum atomic E-state index is 13.8. The average Bonchev–Trinajstić information content (AvgIpc) is 2.88. The van der Waals surface area contributed by atoms with Crippen molar-refractivity contribution in [2.45, 2.75) is 44.7 Å². The molecule has 3 heterocycles. The monoisotopic (exact) mass is 463 g/mol. The van der Waals surface area contributed by atoms with Gasteiger partial charge in [-0.1, -0.05) is 18.2 Å². The van der Waals surface area contributed by atoms with Crippen molar-refractivity contribution >= 4 is 17.6 Å². The van der Waals surface area contributed by atoms with Crippen molar-refractivity contribution in [1.82, 2.24) is 9.80 Å². The maximum absolute atomic E-state index is 13.8. The van der Waals surface area contributed by atoms with Gasteiger partial charge in [0.1, 0.15) is 11.5 Å². The van der Waals surface area contributed by atoms with Crippen LogP contribution in [0.3, 0.4) is 0 Å². The highest BCUT2D eigenvalue weighted by molar-refractivity contribution is 5.93. The summed E-state index contributed by atoms with van der Waals surface area (Å²) in [4.78, 5) is 33.3. The zero-order valence-corrected chi connectivity index (χ0v) is 20.2. The molecule has 0 unspecified atom stereocenters. The van der Waals surface area contributed by atoms with Crippen LogP contribution in [0.25, 0.3) is 0 Å². The molecule has 0 aromatic heterocycles. The van der Waals surface area contributed by atoms with Gasteiger partial charge in [-0.15, -0.1) is 0 Å². The van der Waals surface area contributed by atoms with Gasteiger partial charge in [0.2, 0.25) is 5.91 Å². The summed E-state index contributed by atoms with van der Waals surface area (Å²) >= 11 is 0. The molecule has 7 heteroatoms. The average molecular weight is 464 g/mol. The number of carbonyl (C=O) groups excluding carboxylic acids is 2. The molecule has 2 aromatic rings. The van der Waals surface area contributed by atoms with Crippen LogP contribution in [0.5, 0.6) is 11.5 Å². The molecule has 3 aliphatic rings. The van der Waals surface area contributed by atoms with Crippen molar-refractivity contribution in [1.29, 1.82) is 0 Å². The van der Waals surface area contributed by atoms with E-state index in [1.165, 1.54) is 0 Å². The topological polar surface area (TPSA) is 62.3 Å². The van der Waals surface area contributed by atoms with Crippen molar-refractivity contribution in [3.8, 4) is 11.5 Å². The molecule has 3 aliphatic heterocycles. The quantitative estimate of drug-likeness (QED) is 0.680. The van der Waals surface area contributed by atoms with E-state index in [4.69, 9.17) is 9.47 Å². The number of carbonyl (C=O) groups is 2. The highest BCUT2D eigenvalue weighted by atomic mass is 16.5. The van der Waals surface area contributed by atoms with Gasteiger partial charge in [-0.3, -0.25) is 9.69 Å². The number of ether oxygens (including phenoxy) is 2. The van der Waals surface area contributed by atoms with Crippen LogP contribution in [0.15, 0.2) is 42.5 Å². The number of hydrogen-bond acceptors (Lipinski definition) is 4. The molecule has 34 heavy (non-hydrogen) atoms. The molecule has 0 radical (unpaired) electrons. The minimum atomic E-state index is -0.151. The van der Waals surface area contributed by atoms with Crippen molar-refractivity contribution < 1.29 is 19.1 Å². The molecule has 2 saturated heterocycles. The number of urea groups is 1. The van der Waals surface area contributed by atoms with E-state index in [1.54, 1.807) is 14.2 Å². The maximum Gasteiger partial charge on any atom is 0.324 e. The van der Waals surface area contributed by atoms with Crippen LogP contribution in [0.1, 0.15) is 43.4 Å². The summed E-state index contributed by atoms with van der Waals surface area (Å²) in [5, 5.41) is 0. The number of likely N-dealkylation sites (tertiary alicyclic amines) is 1. The van der Waals surface area contributed by atoms with E-state index in [2.05, 4.69) is 0 Å². The molecule has 3 atom stereocenters. The van der Waals surface area contributed by atoms with E-state index in [0.29, 0.717) is 26.1 Å². The predicted molar refractivity (Wildman–Crippen MR) is 130 cm³/mol. The second kappa shape index (κ2) is 9.20. The second-order valence-corrected chi connectivity index (χ2v) is 9.27. The highest BCUT2D eigenvalue weighted by Crippen LogP contribution is 2.48. The molecule has 0 saturated carbocycles. The Bertz CT molecular complexity index is 1070. The molecule has 2 aromatic carbocycles. The molecular formula is C27H33N3O4. The number of anilines is 1. The van der Waals surface area contributed by atoms with Gasteiger partial charge in [-0.2, -0.15) is 0 Å². The molecule has 0 spiro atoms. The lowest BCUT2D eigenvalue weighted by atomic mass is 9.75. The number of para-hydroxylation sites is 1. The van der Waals surface area contributed by atoms with Crippen LogP contribution in [-0.4, -0.2) is 61.6 Å². The van der Waals surface area contributed by atoms with Crippen LogP contribution in [0.4, 0.5) is 10.5 Å². The van der Waals surface area contributed by atoms with Crippen molar-refractivity contribution in [3.05, 3.63) is 53.6 Å². The molecule has 0 bridgehead atoms. The fraction of sp³-hybridized carbons (Fsp3) is 0.481. The first-order valence-electron chi connectivity index (χ1n) is 12.3. The Morgan fingerprint density at radius 3 is 2.50 bits per heavy atom. The lowest BCUT2D eigenvalue weighted by molar-refractivity contribution is -0.148. The Kier molecular flexibility index (Phi) is 6.11. The smallest absolute Gasteiger partial charge is 0.324 e. The summed E-state index contributed by atoms with van der Waals surface area (Å²) < 4.78 is 11.4. The normalized spacial score (nSPS) is 23.5. The minimum absolute atomic E-state index is 0.0155. The molecule has 180 valence electrons. The largest absolute Gasteiger partial charge is 0.496 e. The van der Waals surface area contributed by atoms with Gasteiger partial charge >= 0.3 is 6.03 Å². The number of piperidine rings is 2. The Labute approximate surface area is 201 Å². The number of hydrogen-bond donors (Lipinski definition) is 0. The molecule has 5 rings (SSSR count). The molecular weight excluding hydrogens is 430 g/mol. The Morgan fingerprint density at radius 1 is 1.06 bits per heavy atom. The lowest BCUT2D eigenvalue weighted by Gasteiger charge is -2.52. The van der Waals surface area contributed by atoms with Gasteiger partial charge in [-0.25, -0.2) is 4.79 Å². The van der Waals surface area contributed by atoms with Gasteiger partial charge in [0, 0.05) is 42.5 Å². The molecule has 3 amide bonds. The van der Waals surface area contributed by atoms with E-state index >= 15 is 0 Å². The summed E-state index contributed by atoms with van der Waals surface area (Å²) in [5.41, 5.74) is 3.03. The van der Waals surface area contributed by atoms with Gasteiger partial charge in [-0.05, 0) is 56.9 Å². The Balaban J connectivity index is 1.51. The lowest BCUT2D eigenvalue weighted by Crippen LogP contribution is -2.61. The zero-order chi connectivity index (χ0) is 23.8. The molecule has 2 fully saturated rings. The summed E-state index contributed by atoms with van der Waals surface area (Å²) in [6, 6.07) is 13.4. The summed E-state index contributed by atoms with van der Waals surface area (Å²) in [5.74, 6) is 1.63. The molecule has 0 N–H and O–H groups in total. The predicted octanol–water partition coefficient (Wildman–Crippen LogP) is 4.26. The van der Waals surface area contributed by atoms with Crippen molar-refractivity contribution in [2.24, 2.45) is 5.92 Å². The van der Waals surface area contributed by atoms with E-state index < -0.39 is 0 Å². The summed E-state index contributed by atoms with van der Waals surface area (Å²) in [6.45, 7) is 3.91. The SMILES string of the molecule is CCN(C(=O)N1CCC[C@H]2C(=O)N3CCc4c(OC)ccc(OC)c4[C@H]3C[C@H]21)c1ccccc1. The Morgan fingerprint density at radius 2 is 1.79 bits per heavy atom. The van der Waals surface area contributed by atoms with Gasteiger partial charge in [0.15, 0.2) is 0 Å². The first kappa shape index (κ1) is 22.6. The van der Waals surface area contributed by atoms with Gasteiger partial charge < -0.3 is 19.3 Å². The number of fused-ring (bicyclic) bond motifs is 4. The van der Waals surface area contributed by atoms with Crippen molar-refractivity contribution in [2.75, 3.05) is 38.8 Å². The minimum Gasteiger partial charge on any atom is -0.496 e. The van der Waals surface area contributed by atoms with E-state index in [0.717, 1.165) is 47.6 Å². The highest BCUT2D eigenvalue weighted by Gasteiger charge is 2.50. The van der Waals surface area contributed by atoms with Crippen LogP contribution < -0.4 is 14.4 Å². The number of benzene rings is 2. The van der Waals surface area contributed by atoms with Crippen LogP contribution in [-0.2, 0) is 11.2 Å². The van der Waals surface area contributed by atoms with Crippen LogP contribution >= 0.6 is 0 Å². The number of rotatable bonds is 4. The first-order chi connectivity index (χ1) is 16.6. The van der Waals surface area contributed by atoms with Crippen LogP contribution in [0, 0.1) is 5.92 Å². The van der Waals surface area contributed by atoms with Crippen LogP contribution in [0.2, 0.25) is 0 Å². The van der Waals surface area contributed by atoms with E-state index in [9.17, 15) is 9.59 Å². The first-order valence-corrected chi connectivity index (χ1v) is 12.3. The zero-order valence-electron chi connectivity index (χ0n) is 20.2. The van der Waals surface area contributed by atoms with E-state index in [-0.39, 0.29) is 29.9 Å². The van der Waals surface area contributed by atoms with Crippen molar-refractivity contribution in [3.63, 3.8) is 0 Å². The fourth-order valence-corrected chi connectivity index (χ4v) is 6.18. The number of nitrogens with zero attached hydrogens (tertiary/aromatic N) is 3. The third-order valence-electron chi connectivity index (χ3n) is 7.73. The molecule has 0 aliphatic carbocycles. The van der Waals surface area contributed by atoms with Gasteiger partial charge in [0.05, 0.1) is 26.2 Å². The summed E-state index contributed by atoms with van der Waals surface area (Å²) in [7, 11) is 3.35. The molecule has 7 nitrogen and oxygen atoms in total. The number of methoxy groups -OCH3 is 2. The second-order valence-electron chi connectivity index (χ2n) is 9.27. The van der Waals surface area contributed by atoms with Gasteiger partial charge in [0.25, 0.3) is 0 Å². The Hall–Kier alpha value is -3.22. The third kappa shape index (κ3) is 3.58. The standard InChI is InChI=1S/C27H33N3O4/c1-4-28(18-9-6-5-7-10-18)27(32)30-15-8-11-19-21(30)17-22-25-20(14-16-29(22)26(19)31)23(33-2)12-13-24(25)34-3/h5-7,9-10,12-13,19,21-22H,4,8,11,14-17H2,1-3H3/t19-,21-,22-/m1/s1. The third-order valence-corrected chi connectivity index (χ3v) is 7.73.